The molecule has 0 spiro atoms. The van der Waals surface area contributed by atoms with Crippen molar-refractivity contribution in [2.45, 2.75) is 6.92 Å². The second-order valence-corrected chi connectivity index (χ2v) is 8.39. The van der Waals surface area contributed by atoms with Crippen molar-refractivity contribution >= 4 is 23.0 Å². The second-order valence-electron chi connectivity index (χ2n) is 8.39. The molecule has 4 aromatic rings. The highest BCUT2D eigenvalue weighted by Gasteiger charge is 2.15. The van der Waals surface area contributed by atoms with Gasteiger partial charge in [-0.2, -0.15) is 0 Å². The van der Waals surface area contributed by atoms with Crippen LogP contribution in [0.5, 0.6) is 5.88 Å². The number of fused-ring (bicyclic) bond motifs is 1. The number of carbonyl (C=O) groups excluding carboxylic acids is 1. The zero-order chi connectivity index (χ0) is 24.7. The van der Waals surface area contributed by atoms with E-state index in [2.05, 4.69) is 41.5 Å². The quantitative estimate of drug-likeness (QED) is 0.348. The molecule has 10 heteroatoms. The number of hydrogen-bond acceptors (Lipinski definition) is 7. The van der Waals surface area contributed by atoms with E-state index in [1.165, 1.54) is 0 Å². The predicted octanol–water partition coefficient (Wildman–Crippen LogP) is 3.54. The van der Waals surface area contributed by atoms with Crippen molar-refractivity contribution in [3.05, 3.63) is 54.9 Å². The number of pyridine rings is 2. The number of aromatic nitrogens is 4. The molecule has 3 aromatic heterocycles. The number of amides is 2. The molecule has 2 amide bonds. The minimum atomic E-state index is -0.315. The fourth-order valence-corrected chi connectivity index (χ4v) is 4.12. The number of imidazole rings is 1. The Bertz CT molecular complexity index is 1300. The fraction of sp³-hybridized carbons (Fsp3) is 0.308. The van der Waals surface area contributed by atoms with Gasteiger partial charge in [0.25, 0.3) is 0 Å². The van der Waals surface area contributed by atoms with E-state index in [9.17, 15) is 4.79 Å². The van der Waals surface area contributed by atoms with Gasteiger partial charge < -0.3 is 19.8 Å². The number of benzene rings is 1. The van der Waals surface area contributed by atoms with Crippen LogP contribution in [0.2, 0.25) is 0 Å². The second kappa shape index (κ2) is 11.1. The van der Waals surface area contributed by atoms with Gasteiger partial charge in [0.1, 0.15) is 6.61 Å². The molecule has 1 aliphatic heterocycles. The Morgan fingerprint density at radius 2 is 2.03 bits per heavy atom. The average Bonchev–Trinajstić information content (AvgIpc) is 3.32. The predicted molar refractivity (Wildman–Crippen MR) is 138 cm³/mol. The van der Waals surface area contributed by atoms with Crippen LogP contribution in [0.15, 0.2) is 54.9 Å². The number of ether oxygens (including phenoxy) is 2. The fourth-order valence-electron chi connectivity index (χ4n) is 4.12. The summed E-state index contributed by atoms with van der Waals surface area (Å²) in [5.41, 5.74) is 5.05. The molecule has 0 unspecified atom stereocenters. The van der Waals surface area contributed by atoms with Gasteiger partial charge in [-0.15, -0.1) is 0 Å². The van der Waals surface area contributed by atoms with Gasteiger partial charge in [0.05, 0.1) is 29.9 Å². The lowest BCUT2D eigenvalue weighted by molar-refractivity contribution is 0.0320. The summed E-state index contributed by atoms with van der Waals surface area (Å²) in [7, 11) is 0. The van der Waals surface area contributed by atoms with Gasteiger partial charge in [-0.25, -0.2) is 14.8 Å². The van der Waals surface area contributed by atoms with Crippen molar-refractivity contribution in [3.8, 4) is 28.3 Å². The first-order valence-electron chi connectivity index (χ1n) is 12.1. The summed E-state index contributed by atoms with van der Waals surface area (Å²) in [6, 6.07) is 13.3. The molecule has 0 atom stereocenters. The summed E-state index contributed by atoms with van der Waals surface area (Å²) in [4.78, 5) is 31.2. The Balaban J connectivity index is 1.38. The van der Waals surface area contributed by atoms with Crippen LogP contribution in [-0.4, -0.2) is 76.9 Å². The van der Waals surface area contributed by atoms with E-state index in [1.54, 1.807) is 12.4 Å². The van der Waals surface area contributed by atoms with Crippen molar-refractivity contribution in [1.82, 2.24) is 30.2 Å². The van der Waals surface area contributed by atoms with Gasteiger partial charge in [0.2, 0.25) is 11.8 Å². The maximum absolute atomic E-state index is 12.0. The molecule has 0 aliphatic carbocycles. The maximum atomic E-state index is 12.0. The lowest BCUT2D eigenvalue weighted by atomic mass is 10.0. The summed E-state index contributed by atoms with van der Waals surface area (Å²) >= 11 is 0. The Hall–Kier alpha value is -4.02. The largest absolute Gasteiger partial charge is 0.476 e. The van der Waals surface area contributed by atoms with Crippen LogP contribution in [0.4, 0.5) is 10.7 Å². The van der Waals surface area contributed by atoms with E-state index in [0.717, 1.165) is 60.7 Å². The van der Waals surface area contributed by atoms with Gasteiger partial charge in [-0.1, -0.05) is 6.07 Å². The summed E-state index contributed by atoms with van der Waals surface area (Å²) in [6.45, 7) is 7.23. The molecule has 0 saturated carbocycles. The third kappa shape index (κ3) is 5.61. The minimum Gasteiger partial charge on any atom is -0.476 e. The maximum Gasteiger partial charge on any atom is 0.321 e. The van der Waals surface area contributed by atoms with Gasteiger partial charge in [0.15, 0.2) is 0 Å². The summed E-state index contributed by atoms with van der Waals surface area (Å²) in [5.74, 6) is 0.957. The van der Waals surface area contributed by atoms with Crippen LogP contribution in [0.25, 0.3) is 33.4 Å². The highest BCUT2D eigenvalue weighted by molar-refractivity contribution is 5.97. The van der Waals surface area contributed by atoms with Crippen LogP contribution in [0, 0.1) is 0 Å². The first kappa shape index (κ1) is 23.7. The molecule has 1 fully saturated rings. The van der Waals surface area contributed by atoms with E-state index in [-0.39, 0.29) is 6.03 Å². The van der Waals surface area contributed by atoms with Crippen LogP contribution in [0.3, 0.4) is 0 Å². The Labute approximate surface area is 209 Å². The molecule has 0 bridgehead atoms. The van der Waals surface area contributed by atoms with Crippen LogP contribution in [0.1, 0.15) is 6.92 Å². The number of carbonyl (C=O) groups is 1. The molecule has 36 heavy (non-hydrogen) atoms. The van der Waals surface area contributed by atoms with Crippen LogP contribution >= 0.6 is 0 Å². The van der Waals surface area contributed by atoms with Crippen LogP contribution < -0.4 is 15.4 Å². The van der Waals surface area contributed by atoms with E-state index in [0.29, 0.717) is 30.5 Å². The number of nitrogens with one attached hydrogen (secondary N) is 3. The van der Waals surface area contributed by atoms with Gasteiger partial charge in [-0.05, 0) is 42.8 Å². The van der Waals surface area contributed by atoms with E-state index in [1.807, 2.05) is 43.3 Å². The van der Waals surface area contributed by atoms with Crippen molar-refractivity contribution in [3.63, 3.8) is 0 Å². The Kier molecular flexibility index (Phi) is 7.34. The van der Waals surface area contributed by atoms with Gasteiger partial charge in [-0.3, -0.25) is 15.2 Å². The first-order chi connectivity index (χ1) is 17.7. The van der Waals surface area contributed by atoms with Gasteiger partial charge >= 0.3 is 6.03 Å². The lowest BCUT2D eigenvalue weighted by Gasteiger charge is -2.26. The van der Waals surface area contributed by atoms with Gasteiger partial charge in [0, 0.05) is 55.8 Å². The highest BCUT2D eigenvalue weighted by atomic mass is 16.5. The Morgan fingerprint density at radius 1 is 1.14 bits per heavy atom. The standard InChI is InChI=1S/C26H29N7O3/c1-2-27-26(34)32-25-30-22-16-19(15-20(24(22)31-25)21-5-3-4-8-28-21)18-6-7-23(29-17-18)36-14-11-33-9-12-35-13-10-33/h3-8,15-17H,2,9-14H2,1H3,(H3,27,30,31,32,34). The zero-order valence-electron chi connectivity index (χ0n) is 20.2. The number of rotatable bonds is 8. The molecule has 10 nitrogen and oxygen atoms in total. The monoisotopic (exact) mass is 487 g/mol. The minimum absolute atomic E-state index is 0.315. The molecular formula is C26H29N7O3. The normalized spacial score (nSPS) is 14.0. The smallest absolute Gasteiger partial charge is 0.321 e. The third-order valence-electron chi connectivity index (χ3n) is 5.93. The summed E-state index contributed by atoms with van der Waals surface area (Å²) in [5, 5.41) is 5.45. The summed E-state index contributed by atoms with van der Waals surface area (Å²) < 4.78 is 11.2. The molecule has 1 aliphatic rings. The number of morpholine rings is 1. The molecular weight excluding hydrogens is 458 g/mol. The lowest BCUT2D eigenvalue weighted by Crippen LogP contribution is -2.38. The van der Waals surface area contributed by atoms with Crippen molar-refractivity contribution in [2.75, 3.05) is 51.3 Å². The molecule has 1 aromatic carbocycles. The highest BCUT2D eigenvalue weighted by Crippen LogP contribution is 2.33. The number of anilines is 1. The SMILES string of the molecule is CCNC(=O)Nc1nc2cc(-c3ccc(OCCN4CCOCC4)nc3)cc(-c3ccccn3)c2[nH]1. The summed E-state index contributed by atoms with van der Waals surface area (Å²) in [6.07, 6.45) is 3.55. The molecule has 1 saturated heterocycles. The van der Waals surface area contributed by atoms with Crippen LogP contribution in [-0.2, 0) is 4.74 Å². The van der Waals surface area contributed by atoms with Crippen molar-refractivity contribution in [2.24, 2.45) is 0 Å². The number of hydrogen-bond donors (Lipinski definition) is 3. The zero-order valence-corrected chi connectivity index (χ0v) is 20.2. The van der Waals surface area contributed by atoms with Crippen molar-refractivity contribution < 1.29 is 14.3 Å². The molecule has 186 valence electrons. The number of nitrogens with zero attached hydrogens (tertiary/aromatic N) is 4. The van der Waals surface area contributed by atoms with E-state index < -0.39 is 0 Å². The topological polar surface area (TPSA) is 117 Å². The average molecular weight is 488 g/mol. The first-order valence-corrected chi connectivity index (χ1v) is 12.1. The number of urea groups is 1. The van der Waals surface area contributed by atoms with Crippen molar-refractivity contribution in [1.29, 1.82) is 0 Å². The molecule has 0 radical (unpaired) electrons. The van der Waals surface area contributed by atoms with E-state index >= 15 is 0 Å². The third-order valence-corrected chi connectivity index (χ3v) is 5.93. The molecule has 4 heterocycles. The van der Waals surface area contributed by atoms with E-state index in [4.69, 9.17) is 9.47 Å². The number of aromatic amines is 1. The number of H-pyrrole nitrogens is 1. The Morgan fingerprint density at radius 3 is 2.78 bits per heavy atom. The molecule has 5 rings (SSSR count). The molecule has 3 N–H and O–H groups in total.